The maximum Gasteiger partial charge on any atom is 0.137 e. The van der Waals surface area contributed by atoms with Crippen molar-refractivity contribution >= 4 is 28.9 Å². The minimum atomic E-state index is 0. The van der Waals surface area contributed by atoms with Gasteiger partial charge in [0.05, 0.1) is 30.5 Å². The Labute approximate surface area is 232 Å². The molecule has 2 aliphatic heterocycles. The SMILES string of the molecule is C.C.C.C.C/C(N)=N/O.CC(C)=N.CC(C)=NON.CC1=NCCN1.CC1=NCCN1C.Cc1ncn[nH]1. The Balaban J connectivity index is -0.0000000599. The number of aromatic nitrogens is 3. The molecule has 2 aliphatic rings. The van der Waals surface area contributed by atoms with Crippen LogP contribution in [0.5, 0.6) is 0 Å². The summed E-state index contributed by atoms with van der Waals surface area (Å²) >= 11 is 0. The van der Waals surface area contributed by atoms with Gasteiger partial charge in [-0.15, -0.1) is 5.90 Å². The first kappa shape index (κ1) is 51.2. The summed E-state index contributed by atoms with van der Waals surface area (Å²) in [6.07, 6.45) is 1.48. The molecule has 228 valence electrons. The van der Waals surface area contributed by atoms with Crippen LogP contribution in [-0.2, 0) is 4.94 Å². The van der Waals surface area contributed by atoms with Gasteiger partial charge in [-0.2, -0.15) is 5.10 Å². The number of nitrogens with one attached hydrogen (secondary N) is 3. The third kappa shape index (κ3) is 49.6. The van der Waals surface area contributed by atoms with Gasteiger partial charge in [0.25, 0.3) is 0 Å². The van der Waals surface area contributed by atoms with Gasteiger partial charge in [0.1, 0.15) is 18.0 Å². The number of hydrogen-bond donors (Lipinski definition) is 6. The fraction of sp³-hybridized carbons (Fsp3) is 0.708. The highest BCUT2D eigenvalue weighted by atomic mass is 16.7. The Hall–Kier alpha value is -3.55. The summed E-state index contributed by atoms with van der Waals surface area (Å²) in [4.78, 5) is 18.0. The normalized spacial score (nSPS) is 11.6. The maximum atomic E-state index is 7.61. The second-order valence-electron chi connectivity index (χ2n) is 7.20. The Morgan fingerprint density at radius 1 is 1.05 bits per heavy atom. The fourth-order valence-corrected chi connectivity index (χ4v) is 1.53. The zero-order valence-corrected chi connectivity index (χ0v) is 22.0. The molecule has 0 atom stereocenters. The number of likely N-dealkylation sites (N-methyl/N-ethyl adjacent to an activating group) is 1. The van der Waals surface area contributed by atoms with Gasteiger partial charge >= 0.3 is 0 Å². The summed E-state index contributed by atoms with van der Waals surface area (Å²) in [7, 11) is 2.06. The van der Waals surface area contributed by atoms with Crippen LogP contribution in [0.15, 0.2) is 26.6 Å². The van der Waals surface area contributed by atoms with Crippen LogP contribution in [0.2, 0.25) is 0 Å². The molecule has 3 rings (SSSR count). The largest absolute Gasteiger partial charge is 0.409 e. The Morgan fingerprint density at radius 3 is 1.63 bits per heavy atom. The van der Waals surface area contributed by atoms with Gasteiger partial charge < -0.3 is 31.5 Å². The number of amidine groups is 3. The van der Waals surface area contributed by atoms with E-state index in [0.29, 0.717) is 5.71 Å². The van der Waals surface area contributed by atoms with Crippen molar-refractivity contribution in [2.24, 2.45) is 31.9 Å². The van der Waals surface area contributed by atoms with Gasteiger partial charge in [0.15, 0.2) is 0 Å². The number of aromatic amines is 1. The molecular formula is C24H60N12O2. The summed E-state index contributed by atoms with van der Waals surface area (Å²) < 4.78 is 0. The molecule has 3 heterocycles. The lowest BCUT2D eigenvalue weighted by molar-refractivity contribution is 0.148. The Kier molecular flexibility index (Phi) is 47.9. The molecule has 0 aromatic carbocycles. The molecule has 1 aromatic rings. The lowest BCUT2D eigenvalue weighted by atomic mass is 10.5. The van der Waals surface area contributed by atoms with Crippen molar-refractivity contribution in [2.75, 3.05) is 33.2 Å². The zero-order valence-electron chi connectivity index (χ0n) is 22.0. The van der Waals surface area contributed by atoms with Gasteiger partial charge in [0, 0.05) is 25.8 Å². The lowest BCUT2D eigenvalue weighted by Gasteiger charge is -2.07. The average molecular weight is 549 g/mol. The first-order valence-electron chi connectivity index (χ1n) is 10.5. The van der Waals surface area contributed by atoms with E-state index >= 15 is 0 Å². The zero-order chi connectivity index (χ0) is 26.9. The van der Waals surface area contributed by atoms with Crippen LogP contribution in [0, 0.1) is 12.3 Å². The van der Waals surface area contributed by atoms with Crippen molar-refractivity contribution in [3.8, 4) is 0 Å². The van der Waals surface area contributed by atoms with Gasteiger partial charge in [-0.25, -0.2) is 4.98 Å². The number of nitrogens with zero attached hydrogens (tertiary/aromatic N) is 7. The topological polar surface area (TPSA) is 212 Å². The molecule has 1 aromatic heterocycles. The van der Waals surface area contributed by atoms with E-state index in [2.05, 4.69) is 63.6 Å². The molecule has 38 heavy (non-hydrogen) atoms. The Morgan fingerprint density at radius 2 is 1.55 bits per heavy atom. The van der Waals surface area contributed by atoms with Crippen LogP contribution in [0.3, 0.4) is 0 Å². The number of nitrogens with two attached hydrogens (primary N) is 2. The molecule has 14 nitrogen and oxygen atoms in total. The second-order valence-corrected chi connectivity index (χ2v) is 7.20. The van der Waals surface area contributed by atoms with Crippen molar-refractivity contribution < 1.29 is 10.1 Å². The van der Waals surface area contributed by atoms with E-state index in [1.807, 2.05) is 20.8 Å². The van der Waals surface area contributed by atoms with Gasteiger partial charge in [-0.1, -0.05) is 40.0 Å². The third-order valence-corrected chi connectivity index (χ3v) is 3.10. The Bertz CT molecular complexity index is 734. The van der Waals surface area contributed by atoms with Gasteiger partial charge in [-0.05, 0) is 55.4 Å². The maximum absolute atomic E-state index is 7.61. The van der Waals surface area contributed by atoms with Crippen LogP contribution in [0.25, 0.3) is 0 Å². The first-order chi connectivity index (χ1) is 15.9. The van der Waals surface area contributed by atoms with Crippen LogP contribution < -0.4 is 16.9 Å². The van der Waals surface area contributed by atoms with E-state index in [1.165, 1.54) is 19.1 Å². The number of rotatable bonds is 1. The summed E-state index contributed by atoms with van der Waals surface area (Å²) in [6.45, 7) is 18.6. The third-order valence-electron chi connectivity index (χ3n) is 3.10. The number of H-pyrrole nitrogens is 1. The van der Waals surface area contributed by atoms with Crippen LogP contribution in [0.4, 0.5) is 0 Å². The molecule has 0 radical (unpaired) electrons. The highest BCUT2D eigenvalue weighted by Crippen LogP contribution is 1.94. The predicted molar refractivity (Wildman–Crippen MR) is 167 cm³/mol. The van der Waals surface area contributed by atoms with Crippen LogP contribution >= 0.6 is 0 Å². The minimum Gasteiger partial charge on any atom is -0.409 e. The molecule has 0 unspecified atom stereocenters. The number of oxime groups is 2. The molecule has 0 saturated heterocycles. The average Bonchev–Trinajstić information content (AvgIpc) is 3.49. The number of hydrogen-bond acceptors (Lipinski definition) is 12. The highest BCUT2D eigenvalue weighted by Gasteiger charge is 2.04. The van der Waals surface area contributed by atoms with E-state index < -0.39 is 0 Å². The molecule has 14 heteroatoms. The predicted octanol–water partition coefficient (Wildman–Crippen LogP) is 4.09. The first-order valence-corrected chi connectivity index (χ1v) is 10.5. The molecule has 0 amide bonds. The smallest absolute Gasteiger partial charge is 0.137 e. The van der Waals surface area contributed by atoms with Crippen molar-refractivity contribution in [1.82, 2.24) is 25.4 Å². The molecule has 0 spiro atoms. The van der Waals surface area contributed by atoms with E-state index in [-0.39, 0.29) is 35.5 Å². The van der Waals surface area contributed by atoms with Crippen LogP contribution in [-0.4, -0.2) is 87.4 Å². The molecular weight excluding hydrogens is 488 g/mol. The van der Waals surface area contributed by atoms with E-state index in [0.717, 1.165) is 43.6 Å². The molecule has 0 saturated carbocycles. The van der Waals surface area contributed by atoms with E-state index in [4.69, 9.17) is 16.4 Å². The lowest BCUT2D eigenvalue weighted by Crippen LogP contribution is -2.19. The molecule has 0 bridgehead atoms. The fourth-order valence-electron chi connectivity index (χ4n) is 1.53. The van der Waals surface area contributed by atoms with Crippen molar-refractivity contribution in [3.63, 3.8) is 0 Å². The summed E-state index contributed by atoms with van der Waals surface area (Å²) in [5.41, 5.74) is 6.28. The number of aryl methyl sites for hydroxylation is 1. The minimum absolute atomic E-state index is 0. The molecule has 8 N–H and O–H groups in total. The quantitative estimate of drug-likeness (QED) is 0.130. The molecule has 0 fully saturated rings. The second kappa shape index (κ2) is 35.6. The van der Waals surface area contributed by atoms with Gasteiger partial charge in [0.2, 0.25) is 0 Å². The standard InChI is InChI=1S/C5H10N2.C4H8N2.C3H5N3.C3H8N2O.C3H7N.C2H6N2O.4CH4/c1-5-6-3-4-7(5)2;1-4-5-2-3-6-4;1-3-4-2-5-6-3;1-3(2)5-6-4;1-3(2)4;1-2(3)4-5;;;;/h3-4H2,1-2H3;2-3H2,1H3,(H,5,6);2H,1H3,(H,4,5,6);4H2,1-2H3;4H,1-2H3;5H,1H3,(H2,3,4);4*1H4. The summed E-state index contributed by atoms with van der Waals surface area (Å²) in [6, 6.07) is 0. The van der Waals surface area contributed by atoms with Crippen LogP contribution in [0.1, 0.15) is 84.0 Å². The van der Waals surface area contributed by atoms with Crippen molar-refractivity contribution in [2.45, 2.75) is 85.1 Å². The number of aliphatic imine (C=N–C) groups is 2. The van der Waals surface area contributed by atoms with Crippen molar-refractivity contribution in [1.29, 1.82) is 5.41 Å². The van der Waals surface area contributed by atoms with Crippen molar-refractivity contribution in [3.05, 3.63) is 12.2 Å². The van der Waals surface area contributed by atoms with E-state index in [9.17, 15) is 0 Å². The van der Waals surface area contributed by atoms with E-state index in [1.54, 1.807) is 27.7 Å². The monoisotopic (exact) mass is 548 g/mol. The summed E-state index contributed by atoms with van der Waals surface area (Å²) in [5.74, 6) is 7.83. The molecule has 0 aliphatic carbocycles. The highest BCUT2D eigenvalue weighted by molar-refractivity contribution is 5.81. The van der Waals surface area contributed by atoms with Gasteiger partial charge in [-0.3, -0.25) is 15.1 Å². The summed E-state index contributed by atoms with van der Waals surface area (Å²) in [5, 5.41) is 29.3.